The Morgan fingerprint density at radius 1 is 1.29 bits per heavy atom. The number of aryl methyl sites for hydroxylation is 1. The van der Waals surface area contributed by atoms with Gasteiger partial charge in [0.1, 0.15) is 4.90 Å². The Morgan fingerprint density at radius 2 is 1.86 bits per heavy atom. The van der Waals surface area contributed by atoms with Crippen LogP contribution < -0.4 is 5.73 Å². The van der Waals surface area contributed by atoms with Crippen LogP contribution in [0, 0.1) is 6.92 Å². The van der Waals surface area contributed by atoms with Crippen molar-refractivity contribution in [3.8, 4) is 0 Å². The number of rotatable bonds is 4. The average Bonchev–Trinajstić information content (AvgIpc) is 2.73. The number of hydrogen-bond donors (Lipinski definition) is 1. The summed E-state index contributed by atoms with van der Waals surface area (Å²) in [5.41, 5.74) is 6.97. The minimum atomic E-state index is -3.79. The molecule has 0 aliphatic carbocycles. The van der Waals surface area contributed by atoms with Crippen molar-refractivity contribution in [2.75, 3.05) is 12.8 Å². The number of anilines is 1. The number of sulfonamides is 1. The van der Waals surface area contributed by atoms with Crippen LogP contribution in [0.3, 0.4) is 0 Å². The molecule has 0 fully saturated rings. The fraction of sp³-hybridized carbons (Fsp3) is 0.231. The SMILES string of the molecule is Cc1ccsc1CN(C)S(=O)(=O)c1c(Cl)cc(N)cc1Cl. The highest BCUT2D eigenvalue weighted by molar-refractivity contribution is 7.89. The van der Waals surface area contributed by atoms with Crippen LogP contribution in [0.4, 0.5) is 5.69 Å². The molecule has 0 saturated carbocycles. The molecular formula is C13H14Cl2N2O2S2. The lowest BCUT2D eigenvalue weighted by molar-refractivity contribution is 0.469. The molecule has 4 nitrogen and oxygen atoms in total. The maximum absolute atomic E-state index is 12.6. The Balaban J connectivity index is 2.40. The average molecular weight is 365 g/mol. The van der Waals surface area contributed by atoms with E-state index in [9.17, 15) is 8.42 Å². The van der Waals surface area contributed by atoms with Crippen LogP contribution >= 0.6 is 34.5 Å². The van der Waals surface area contributed by atoms with Crippen LogP contribution in [0.15, 0.2) is 28.5 Å². The molecule has 1 aromatic carbocycles. The molecule has 2 rings (SSSR count). The number of halogens is 2. The van der Waals surface area contributed by atoms with Crippen LogP contribution in [0.1, 0.15) is 10.4 Å². The zero-order valence-electron chi connectivity index (χ0n) is 11.4. The van der Waals surface area contributed by atoms with Gasteiger partial charge in [0.2, 0.25) is 10.0 Å². The lowest BCUT2D eigenvalue weighted by atomic mass is 10.3. The van der Waals surface area contributed by atoms with Crippen molar-refractivity contribution in [2.24, 2.45) is 0 Å². The Labute approximate surface area is 138 Å². The Hall–Kier alpha value is -0.790. The molecule has 0 radical (unpaired) electrons. The van der Waals surface area contributed by atoms with Crippen molar-refractivity contribution in [2.45, 2.75) is 18.4 Å². The molecule has 0 saturated heterocycles. The predicted molar refractivity (Wildman–Crippen MR) is 88.6 cm³/mol. The van der Waals surface area contributed by atoms with E-state index < -0.39 is 10.0 Å². The molecule has 114 valence electrons. The van der Waals surface area contributed by atoms with E-state index in [0.717, 1.165) is 10.4 Å². The molecule has 21 heavy (non-hydrogen) atoms. The first-order valence-electron chi connectivity index (χ1n) is 5.97. The summed E-state index contributed by atoms with van der Waals surface area (Å²) >= 11 is 13.5. The van der Waals surface area contributed by atoms with E-state index in [2.05, 4.69) is 0 Å². The summed E-state index contributed by atoms with van der Waals surface area (Å²) in [5.74, 6) is 0. The molecule has 1 aromatic heterocycles. The lowest BCUT2D eigenvalue weighted by Crippen LogP contribution is -2.27. The molecule has 0 spiro atoms. The van der Waals surface area contributed by atoms with Crippen molar-refractivity contribution in [3.63, 3.8) is 0 Å². The van der Waals surface area contributed by atoms with Gasteiger partial charge in [0, 0.05) is 24.2 Å². The summed E-state index contributed by atoms with van der Waals surface area (Å²) < 4.78 is 26.5. The van der Waals surface area contributed by atoms with Crippen molar-refractivity contribution in [3.05, 3.63) is 44.1 Å². The summed E-state index contributed by atoms with van der Waals surface area (Å²) in [5, 5.41) is 1.97. The Bertz CT molecular complexity index is 749. The zero-order valence-corrected chi connectivity index (χ0v) is 14.6. The van der Waals surface area contributed by atoms with E-state index in [1.807, 2.05) is 18.4 Å². The fourth-order valence-corrected chi connectivity index (χ4v) is 5.19. The van der Waals surface area contributed by atoms with Gasteiger partial charge in [0.05, 0.1) is 10.0 Å². The van der Waals surface area contributed by atoms with E-state index >= 15 is 0 Å². The van der Waals surface area contributed by atoms with Gasteiger partial charge >= 0.3 is 0 Å². The van der Waals surface area contributed by atoms with Gasteiger partial charge in [-0.2, -0.15) is 4.31 Å². The van der Waals surface area contributed by atoms with Gasteiger partial charge in [-0.15, -0.1) is 11.3 Å². The highest BCUT2D eigenvalue weighted by Gasteiger charge is 2.27. The maximum atomic E-state index is 12.6. The lowest BCUT2D eigenvalue weighted by Gasteiger charge is -2.19. The summed E-state index contributed by atoms with van der Waals surface area (Å²) in [6, 6.07) is 4.71. The number of hydrogen-bond acceptors (Lipinski definition) is 4. The molecule has 8 heteroatoms. The number of nitrogen functional groups attached to an aromatic ring is 1. The highest BCUT2D eigenvalue weighted by atomic mass is 35.5. The van der Waals surface area contributed by atoms with Gasteiger partial charge in [0.15, 0.2) is 0 Å². The van der Waals surface area contributed by atoms with Crippen molar-refractivity contribution in [1.29, 1.82) is 0 Å². The summed E-state index contributed by atoms with van der Waals surface area (Å²) in [6.07, 6.45) is 0. The summed E-state index contributed by atoms with van der Waals surface area (Å²) in [4.78, 5) is 0.862. The van der Waals surface area contributed by atoms with E-state index in [0.29, 0.717) is 5.69 Å². The van der Waals surface area contributed by atoms with E-state index in [4.69, 9.17) is 28.9 Å². The third-order valence-electron chi connectivity index (χ3n) is 3.02. The van der Waals surface area contributed by atoms with Gasteiger partial charge in [-0.3, -0.25) is 0 Å². The van der Waals surface area contributed by atoms with E-state index in [1.165, 1.54) is 34.8 Å². The van der Waals surface area contributed by atoms with Gasteiger partial charge in [-0.25, -0.2) is 8.42 Å². The topological polar surface area (TPSA) is 63.4 Å². The highest BCUT2D eigenvalue weighted by Crippen LogP contribution is 2.34. The van der Waals surface area contributed by atoms with Gasteiger partial charge < -0.3 is 5.73 Å². The van der Waals surface area contributed by atoms with Crippen LogP contribution in [0.25, 0.3) is 0 Å². The second-order valence-corrected chi connectivity index (χ2v) is 8.40. The molecular weight excluding hydrogens is 351 g/mol. The summed E-state index contributed by atoms with van der Waals surface area (Å²) in [7, 11) is -2.29. The first kappa shape index (κ1) is 16.6. The van der Waals surface area contributed by atoms with Gasteiger partial charge in [-0.05, 0) is 36.1 Å². The van der Waals surface area contributed by atoms with Crippen LogP contribution in [-0.4, -0.2) is 19.8 Å². The predicted octanol–water partition coefficient (Wildman–Crippen LogP) is 3.77. The smallest absolute Gasteiger partial charge is 0.246 e. The largest absolute Gasteiger partial charge is 0.399 e. The fourth-order valence-electron chi connectivity index (χ4n) is 1.84. The molecule has 0 unspecified atom stereocenters. The van der Waals surface area contributed by atoms with Gasteiger partial charge in [0.25, 0.3) is 0 Å². The molecule has 0 atom stereocenters. The number of nitrogens with zero attached hydrogens (tertiary/aromatic N) is 1. The number of nitrogens with two attached hydrogens (primary N) is 1. The number of benzene rings is 1. The first-order valence-corrected chi connectivity index (χ1v) is 9.05. The molecule has 0 aliphatic rings. The normalized spacial score (nSPS) is 12.0. The number of thiophene rings is 1. The molecule has 1 heterocycles. The third kappa shape index (κ3) is 3.35. The Kier molecular flexibility index (Phi) is 4.85. The van der Waals surface area contributed by atoms with E-state index in [1.54, 1.807) is 0 Å². The first-order chi connectivity index (χ1) is 9.73. The second kappa shape index (κ2) is 6.14. The molecule has 2 N–H and O–H groups in total. The standard InChI is InChI=1S/C13H14Cl2N2O2S2/c1-8-3-4-20-12(8)7-17(2)21(18,19)13-10(14)5-9(16)6-11(13)15/h3-6H,7,16H2,1-2H3. The zero-order chi connectivity index (χ0) is 15.8. The molecule has 0 aliphatic heterocycles. The third-order valence-corrected chi connectivity index (χ3v) is 6.76. The van der Waals surface area contributed by atoms with Gasteiger partial charge in [-0.1, -0.05) is 23.2 Å². The van der Waals surface area contributed by atoms with Crippen LogP contribution in [-0.2, 0) is 16.6 Å². The van der Waals surface area contributed by atoms with Crippen molar-refractivity contribution in [1.82, 2.24) is 4.31 Å². The monoisotopic (exact) mass is 364 g/mol. The quantitative estimate of drug-likeness (QED) is 0.839. The minimum absolute atomic E-state index is 0.0229. The summed E-state index contributed by atoms with van der Waals surface area (Å²) in [6.45, 7) is 2.21. The van der Waals surface area contributed by atoms with Crippen molar-refractivity contribution >= 4 is 50.2 Å². The van der Waals surface area contributed by atoms with Crippen LogP contribution in [0.5, 0.6) is 0 Å². The minimum Gasteiger partial charge on any atom is -0.399 e. The van der Waals surface area contributed by atoms with Crippen molar-refractivity contribution < 1.29 is 8.42 Å². The molecule has 0 amide bonds. The second-order valence-electron chi connectivity index (χ2n) is 4.60. The molecule has 0 bridgehead atoms. The molecule has 2 aromatic rings. The maximum Gasteiger partial charge on any atom is 0.246 e. The Morgan fingerprint density at radius 3 is 2.33 bits per heavy atom. The van der Waals surface area contributed by atoms with Crippen LogP contribution in [0.2, 0.25) is 10.0 Å². The van der Waals surface area contributed by atoms with E-state index in [-0.39, 0.29) is 21.5 Å².